The van der Waals surface area contributed by atoms with E-state index in [4.69, 9.17) is 5.73 Å². The first-order valence-electron chi connectivity index (χ1n) is 2.13. The van der Waals surface area contributed by atoms with Crippen LogP contribution in [0, 0.1) is 0 Å². The Morgan fingerprint density at radius 1 is 1.86 bits per heavy atom. The molecule has 0 atom stereocenters. The van der Waals surface area contributed by atoms with Crippen LogP contribution in [-0.4, -0.2) is 27.5 Å². The van der Waals surface area contributed by atoms with Gasteiger partial charge in [0.2, 0.25) is 0 Å². The molecule has 0 aliphatic rings. The number of nitrogens with two attached hydrogens (primary N) is 1. The predicted molar refractivity (Wildman–Crippen MR) is 32.0 cm³/mol. The second-order valence-corrected chi connectivity index (χ2v) is 1.04. The third kappa shape index (κ3) is 5.49. The summed E-state index contributed by atoms with van der Waals surface area (Å²) in [7, 11) is 1.56. The third-order valence-electron chi connectivity index (χ3n) is 0.438. The zero-order valence-electron chi connectivity index (χ0n) is 4.42. The molecule has 0 unspecified atom stereocenters. The second-order valence-electron chi connectivity index (χ2n) is 1.04. The molecule has 0 aliphatic carbocycles. The van der Waals surface area contributed by atoms with Crippen LogP contribution in [0.4, 0.5) is 0 Å². The van der Waals surface area contributed by atoms with Gasteiger partial charge in [-0.15, -0.1) is 0 Å². The summed E-state index contributed by atoms with van der Waals surface area (Å²) in [5.74, 6) is 0. The molecule has 0 aromatic rings. The van der Waals surface area contributed by atoms with Gasteiger partial charge < -0.3 is 10.4 Å². The van der Waals surface area contributed by atoms with Crippen molar-refractivity contribution in [3.8, 4) is 0 Å². The standard InChI is InChI=1S/C3H9BN2O/c4-7-3-6-2-1-5/h3H,1-2,4-5H2. The molecule has 7 heavy (non-hydrogen) atoms. The summed E-state index contributed by atoms with van der Waals surface area (Å²) in [5.41, 5.74) is 5.10. The third-order valence-corrected chi connectivity index (χ3v) is 0.438. The lowest BCUT2D eigenvalue weighted by atomic mass is 10.6. The lowest BCUT2D eigenvalue weighted by Gasteiger charge is -1.84. The van der Waals surface area contributed by atoms with E-state index in [0.29, 0.717) is 13.1 Å². The Bertz CT molecular complexity index is 56.9. The summed E-state index contributed by atoms with van der Waals surface area (Å²) in [6, 6.07) is 0. The van der Waals surface area contributed by atoms with E-state index in [9.17, 15) is 0 Å². The molecule has 0 aliphatic heterocycles. The van der Waals surface area contributed by atoms with Gasteiger partial charge in [-0.05, 0) is 0 Å². The summed E-state index contributed by atoms with van der Waals surface area (Å²) in [4.78, 5) is 3.74. The van der Waals surface area contributed by atoms with Crippen LogP contribution in [0.2, 0.25) is 0 Å². The van der Waals surface area contributed by atoms with E-state index in [0.717, 1.165) is 0 Å². The van der Waals surface area contributed by atoms with E-state index in [1.54, 1.807) is 8.05 Å². The second kappa shape index (κ2) is 5.49. The van der Waals surface area contributed by atoms with Crippen LogP contribution in [0.3, 0.4) is 0 Å². The maximum absolute atomic E-state index is 5.10. The quantitative estimate of drug-likeness (QED) is 0.267. The van der Waals surface area contributed by atoms with Gasteiger partial charge in [0, 0.05) is 6.54 Å². The fourth-order valence-corrected chi connectivity index (χ4v) is 0.202. The molecule has 0 spiro atoms. The minimum atomic E-state index is 0.583. The molecule has 40 valence electrons. The van der Waals surface area contributed by atoms with Crippen LogP contribution < -0.4 is 5.73 Å². The molecule has 3 nitrogen and oxygen atoms in total. The molecule has 4 heteroatoms. The minimum absolute atomic E-state index is 0.583. The maximum Gasteiger partial charge on any atom is 0.323 e. The van der Waals surface area contributed by atoms with Crippen LogP contribution in [0.15, 0.2) is 4.99 Å². The fourth-order valence-electron chi connectivity index (χ4n) is 0.202. The highest BCUT2D eigenvalue weighted by atomic mass is 16.4. The number of hydrogen-bond donors (Lipinski definition) is 1. The lowest BCUT2D eigenvalue weighted by molar-refractivity contribution is 0.635. The van der Waals surface area contributed by atoms with Gasteiger partial charge in [-0.25, -0.2) is 0 Å². The first-order valence-corrected chi connectivity index (χ1v) is 2.13. The average molecular weight is 99.9 g/mol. The van der Waals surface area contributed by atoms with Crippen molar-refractivity contribution in [2.45, 2.75) is 0 Å². The summed E-state index contributed by atoms with van der Waals surface area (Å²) >= 11 is 0. The largest absolute Gasteiger partial charge is 0.560 e. The van der Waals surface area contributed by atoms with Crippen molar-refractivity contribution >= 4 is 14.4 Å². The average Bonchev–Trinajstić information content (AvgIpc) is 1.69. The molecule has 0 rings (SSSR count). The van der Waals surface area contributed by atoms with Gasteiger partial charge in [-0.1, -0.05) is 0 Å². The predicted octanol–water partition coefficient (Wildman–Crippen LogP) is -1.46. The van der Waals surface area contributed by atoms with E-state index in [-0.39, 0.29) is 0 Å². The molecule has 2 N–H and O–H groups in total. The Labute approximate surface area is 44.0 Å². The van der Waals surface area contributed by atoms with E-state index >= 15 is 0 Å². The molecular formula is C3H9BN2O. The molecule has 0 saturated carbocycles. The van der Waals surface area contributed by atoms with E-state index < -0.39 is 0 Å². The minimum Gasteiger partial charge on any atom is -0.560 e. The zero-order chi connectivity index (χ0) is 5.54. The van der Waals surface area contributed by atoms with Gasteiger partial charge in [0.05, 0.1) is 6.54 Å². The van der Waals surface area contributed by atoms with Crippen molar-refractivity contribution in [1.29, 1.82) is 0 Å². The highest BCUT2D eigenvalue weighted by molar-refractivity contribution is 6.02. The van der Waals surface area contributed by atoms with E-state index in [1.165, 1.54) is 6.40 Å². The molecule has 0 aromatic carbocycles. The van der Waals surface area contributed by atoms with Crippen molar-refractivity contribution in [1.82, 2.24) is 0 Å². The fraction of sp³-hybridized carbons (Fsp3) is 0.667. The molecule has 0 aromatic heterocycles. The topological polar surface area (TPSA) is 47.6 Å². The van der Waals surface area contributed by atoms with Gasteiger partial charge in [-0.2, -0.15) is 0 Å². The summed E-state index contributed by atoms with van der Waals surface area (Å²) in [6.07, 6.45) is 1.38. The number of rotatable bonds is 3. The Balaban J connectivity index is 2.78. The first-order chi connectivity index (χ1) is 3.41. The van der Waals surface area contributed by atoms with E-state index in [1.807, 2.05) is 0 Å². The van der Waals surface area contributed by atoms with Crippen LogP contribution in [-0.2, 0) is 4.65 Å². The summed E-state index contributed by atoms with van der Waals surface area (Å²) < 4.78 is 4.50. The van der Waals surface area contributed by atoms with Crippen LogP contribution in [0.25, 0.3) is 0 Å². The van der Waals surface area contributed by atoms with Gasteiger partial charge in [-0.3, -0.25) is 4.99 Å². The zero-order valence-corrected chi connectivity index (χ0v) is 4.42. The van der Waals surface area contributed by atoms with Crippen molar-refractivity contribution < 1.29 is 4.65 Å². The molecule has 0 amide bonds. The highest BCUT2D eigenvalue weighted by Crippen LogP contribution is 1.60. The van der Waals surface area contributed by atoms with Gasteiger partial charge in [0.25, 0.3) is 0 Å². The Morgan fingerprint density at radius 3 is 3.00 bits per heavy atom. The maximum atomic E-state index is 5.10. The van der Waals surface area contributed by atoms with Crippen molar-refractivity contribution in [3.05, 3.63) is 0 Å². The number of aliphatic imine (C=N–C) groups is 1. The van der Waals surface area contributed by atoms with Gasteiger partial charge in [0.15, 0.2) is 6.40 Å². The number of hydrogen-bond acceptors (Lipinski definition) is 3. The van der Waals surface area contributed by atoms with Crippen molar-refractivity contribution in [2.75, 3.05) is 13.1 Å². The summed E-state index contributed by atoms with van der Waals surface area (Å²) in [5, 5.41) is 0. The molecule has 0 radical (unpaired) electrons. The van der Waals surface area contributed by atoms with Crippen LogP contribution in [0.1, 0.15) is 0 Å². The normalized spacial score (nSPS) is 9.86. The lowest BCUT2D eigenvalue weighted by Crippen LogP contribution is -2.02. The smallest absolute Gasteiger partial charge is 0.323 e. The number of nitrogens with zero attached hydrogens (tertiary/aromatic N) is 1. The summed E-state index contributed by atoms with van der Waals surface area (Å²) in [6.45, 7) is 1.23. The Morgan fingerprint density at radius 2 is 2.57 bits per heavy atom. The highest BCUT2D eigenvalue weighted by Gasteiger charge is 1.67. The SMILES string of the molecule is BOC=NCCN. The van der Waals surface area contributed by atoms with Gasteiger partial charge in [0.1, 0.15) is 0 Å². The first kappa shape index (κ1) is 6.49. The molecule has 0 saturated heterocycles. The Kier molecular flexibility index (Phi) is 5.10. The molecule has 0 heterocycles. The Hall–Kier alpha value is -0.505. The van der Waals surface area contributed by atoms with Crippen LogP contribution >= 0.6 is 0 Å². The molecular weight excluding hydrogens is 90.9 g/mol. The monoisotopic (exact) mass is 100 g/mol. The molecule has 0 bridgehead atoms. The van der Waals surface area contributed by atoms with Gasteiger partial charge >= 0.3 is 8.05 Å². The van der Waals surface area contributed by atoms with Crippen LogP contribution in [0.5, 0.6) is 0 Å². The van der Waals surface area contributed by atoms with Crippen molar-refractivity contribution in [3.63, 3.8) is 0 Å². The van der Waals surface area contributed by atoms with E-state index in [2.05, 4.69) is 9.65 Å². The molecule has 0 fully saturated rings. The van der Waals surface area contributed by atoms with Crippen molar-refractivity contribution in [2.24, 2.45) is 10.7 Å².